The predicted octanol–water partition coefficient (Wildman–Crippen LogP) is 0.790. The third-order valence-corrected chi connectivity index (χ3v) is 3.82. The van der Waals surface area contributed by atoms with Crippen molar-refractivity contribution in [3.05, 3.63) is 24.3 Å². The Labute approximate surface area is 112 Å². The first-order chi connectivity index (χ1) is 9.22. The van der Waals surface area contributed by atoms with E-state index in [0.29, 0.717) is 6.54 Å². The molecule has 0 bridgehead atoms. The molecule has 0 aliphatic carbocycles. The summed E-state index contributed by atoms with van der Waals surface area (Å²) in [6, 6.07) is 7.60. The summed E-state index contributed by atoms with van der Waals surface area (Å²) in [7, 11) is 1.63. The van der Waals surface area contributed by atoms with Crippen molar-refractivity contribution >= 4 is 11.6 Å². The molecule has 1 spiro atoms. The Morgan fingerprint density at radius 2 is 2.37 bits per heavy atom. The summed E-state index contributed by atoms with van der Waals surface area (Å²) in [5, 5.41) is 3.30. The summed E-state index contributed by atoms with van der Waals surface area (Å²) in [6.45, 7) is 2.51. The molecule has 5 heteroatoms. The maximum Gasteiger partial charge on any atom is 0.253 e. The minimum atomic E-state index is -0.225. The highest BCUT2D eigenvalue weighted by atomic mass is 16.5. The maximum absolute atomic E-state index is 12.1. The number of benzene rings is 1. The van der Waals surface area contributed by atoms with Crippen molar-refractivity contribution in [2.45, 2.75) is 12.0 Å². The van der Waals surface area contributed by atoms with E-state index in [2.05, 4.69) is 5.32 Å². The number of ether oxygens (including phenoxy) is 2. The zero-order valence-electron chi connectivity index (χ0n) is 11.0. The van der Waals surface area contributed by atoms with Gasteiger partial charge in [-0.15, -0.1) is 0 Å². The second-order valence-electron chi connectivity index (χ2n) is 5.08. The summed E-state index contributed by atoms with van der Waals surface area (Å²) < 4.78 is 11.0. The van der Waals surface area contributed by atoms with E-state index in [-0.39, 0.29) is 18.1 Å². The number of morpholine rings is 1. The van der Waals surface area contributed by atoms with Gasteiger partial charge in [0, 0.05) is 18.3 Å². The standard InChI is InChI=1S/C14H18N2O3/c1-18-12-4-2-3-11(7-12)16-10-14(5-6-15-9-14)19-8-13(16)17/h2-4,7,15H,5-6,8-10H2,1H3. The minimum Gasteiger partial charge on any atom is -0.497 e. The van der Waals surface area contributed by atoms with Crippen LogP contribution in [-0.2, 0) is 9.53 Å². The molecule has 5 nitrogen and oxygen atoms in total. The number of methoxy groups -OCH3 is 1. The van der Waals surface area contributed by atoms with Gasteiger partial charge < -0.3 is 19.7 Å². The van der Waals surface area contributed by atoms with Crippen LogP contribution in [0.3, 0.4) is 0 Å². The van der Waals surface area contributed by atoms with Crippen molar-refractivity contribution in [2.75, 3.05) is 38.3 Å². The summed E-state index contributed by atoms with van der Waals surface area (Å²) >= 11 is 0. The van der Waals surface area contributed by atoms with E-state index in [1.165, 1.54) is 0 Å². The summed E-state index contributed by atoms with van der Waals surface area (Å²) in [4.78, 5) is 13.9. The molecule has 2 aliphatic rings. The Morgan fingerprint density at radius 3 is 3.11 bits per heavy atom. The molecule has 2 heterocycles. The van der Waals surface area contributed by atoms with Gasteiger partial charge in [0.2, 0.25) is 0 Å². The number of anilines is 1. The lowest BCUT2D eigenvalue weighted by Crippen LogP contribution is -2.55. The molecular weight excluding hydrogens is 244 g/mol. The number of carbonyl (C=O) groups is 1. The van der Waals surface area contributed by atoms with Crippen molar-refractivity contribution in [2.24, 2.45) is 0 Å². The zero-order valence-corrected chi connectivity index (χ0v) is 11.0. The molecule has 1 aromatic rings. The van der Waals surface area contributed by atoms with Gasteiger partial charge in [-0.25, -0.2) is 0 Å². The Balaban J connectivity index is 1.86. The third-order valence-electron chi connectivity index (χ3n) is 3.82. The molecule has 0 aromatic heterocycles. The summed E-state index contributed by atoms with van der Waals surface area (Å²) in [6.07, 6.45) is 0.945. The van der Waals surface area contributed by atoms with Crippen LogP contribution in [0.4, 0.5) is 5.69 Å². The second kappa shape index (κ2) is 4.83. The molecule has 2 fully saturated rings. The molecule has 2 saturated heterocycles. The van der Waals surface area contributed by atoms with Crippen molar-refractivity contribution in [1.82, 2.24) is 5.32 Å². The molecule has 3 rings (SSSR count). The van der Waals surface area contributed by atoms with E-state index in [9.17, 15) is 4.79 Å². The highest BCUT2D eigenvalue weighted by Gasteiger charge is 2.42. The van der Waals surface area contributed by atoms with Gasteiger partial charge in [0.1, 0.15) is 18.0 Å². The topological polar surface area (TPSA) is 50.8 Å². The molecule has 1 N–H and O–H groups in total. The van der Waals surface area contributed by atoms with Crippen LogP contribution in [0.15, 0.2) is 24.3 Å². The summed E-state index contributed by atoms with van der Waals surface area (Å²) in [5.41, 5.74) is 0.649. The fourth-order valence-corrected chi connectivity index (χ4v) is 2.71. The van der Waals surface area contributed by atoms with E-state index in [4.69, 9.17) is 9.47 Å². The Kier molecular flexibility index (Phi) is 3.16. The number of nitrogens with zero attached hydrogens (tertiary/aromatic N) is 1. The Bertz CT molecular complexity index is 483. The maximum atomic E-state index is 12.1. The fraction of sp³-hybridized carbons (Fsp3) is 0.500. The Hall–Kier alpha value is -1.59. The molecule has 2 aliphatic heterocycles. The van der Waals surface area contributed by atoms with Gasteiger partial charge in [0.05, 0.1) is 13.7 Å². The van der Waals surface area contributed by atoms with Gasteiger partial charge >= 0.3 is 0 Å². The molecule has 1 unspecified atom stereocenters. The molecule has 102 valence electrons. The monoisotopic (exact) mass is 262 g/mol. The lowest BCUT2D eigenvalue weighted by molar-refractivity contribution is -0.136. The normalized spacial score (nSPS) is 27.0. The lowest BCUT2D eigenvalue weighted by Gasteiger charge is -2.39. The quantitative estimate of drug-likeness (QED) is 0.856. The van der Waals surface area contributed by atoms with Gasteiger partial charge in [0.15, 0.2) is 0 Å². The predicted molar refractivity (Wildman–Crippen MR) is 71.5 cm³/mol. The van der Waals surface area contributed by atoms with Crippen molar-refractivity contribution in [3.63, 3.8) is 0 Å². The number of carbonyl (C=O) groups excluding carboxylic acids is 1. The van der Waals surface area contributed by atoms with Crippen molar-refractivity contribution in [1.29, 1.82) is 0 Å². The molecule has 1 atom stereocenters. The average molecular weight is 262 g/mol. The van der Waals surface area contributed by atoms with Crippen LogP contribution < -0.4 is 15.0 Å². The average Bonchev–Trinajstić information content (AvgIpc) is 2.90. The zero-order chi connectivity index (χ0) is 13.3. The number of amides is 1. The van der Waals surface area contributed by atoms with Crippen LogP contribution in [-0.4, -0.2) is 44.9 Å². The number of rotatable bonds is 2. The minimum absolute atomic E-state index is 0.00535. The smallest absolute Gasteiger partial charge is 0.253 e. The van der Waals surface area contributed by atoms with Crippen LogP contribution in [0, 0.1) is 0 Å². The van der Waals surface area contributed by atoms with Crippen LogP contribution in [0.1, 0.15) is 6.42 Å². The summed E-state index contributed by atoms with van der Waals surface area (Å²) in [5.74, 6) is 0.765. The van der Waals surface area contributed by atoms with Crippen LogP contribution in [0.2, 0.25) is 0 Å². The number of hydrogen-bond acceptors (Lipinski definition) is 4. The van der Waals surface area contributed by atoms with Crippen LogP contribution in [0.25, 0.3) is 0 Å². The highest BCUT2D eigenvalue weighted by molar-refractivity contribution is 5.95. The van der Waals surface area contributed by atoms with Gasteiger partial charge in [-0.2, -0.15) is 0 Å². The molecule has 1 aromatic carbocycles. The van der Waals surface area contributed by atoms with E-state index in [1.54, 1.807) is 12.0 Å². The van der Waals surface area contributed by atoms with Gasteiger partial charge in [0.25, 0.3) is 5.91 Å². The molecule has 1 amide bonds. The van der Waals surface area contributed by atoms with E-state index < -0.39 is 0 Å². The molecule has 0 saturated carbocycles. The fourth-order valence-electron chi connectivity index (χ4n) is 2.71. The van der Waals surface area contributed by atoms with Crippen LogP contribution in [0.5, 0.6) is 5.75 Å². The SMILES string of the molecule is COc1cccc(N2CC3(CCNC3)OCC2=O)c1. The number of hydrogen-bond donors (Lipinski definition) is 1. The molecular formula is C14H18N2O3. The van der Waals surface area contributed by atoms with Gasteiger partial charge in [-0.3, -0.25) is 4.79 Å². The van der Waals surface area contributed by atoms with Crippen molar-refractivity contribution < 1.29 is 14.3 Å². The number of nitrogens with one attached hydrogen (secondary N) is 1. The second-order valence-corrected chi connectivity index (χ2v) is 5.08. The lowest BCUT2D eigenvalue weighted by atomic mass is 10.00. The van der Waals surface area contributed by atoms with E-state index >= 15 is 0 Å². The largest absolute Gasteiger partial charge is 0.497 e. The first-order valence-corrected chi connectivity index (χ1v) is 6.52. The van der Waals surface area contributed by atoms with Gasteiger partial charge in [-0.1, -0.05) is 6.07 Å². The first-order valence-electron chi connectivity index (χ1n) is 6.52. The van der Waals surface area contributed by atoms with E-state index in [0.717, 1.165) is 30.9 Å². The first kappa shape index (κ1) is 12.4. The van der Waals surface area contributed by atoms with Crippen molar-refractivity contribution in [3.8, 4) is 5.75 Å². The van der Waals surface area contributed by atoms with E-state index in [1.807, 2.05) is 24.3 Å². The third kappa shape index (κ3) is 2.31. The molecule has 0 radical (unpaired) electrons. The molecule has 19 heavy (non-hydrogen) atoms. The highest BCUT2D eigenvalue weighted by Crippen LogP contribution is 2.30. The Morgan fingerprint density at radius 1 is 1.47 bits per heavy atom. The van der Waals surface area contributed by atoms with Gasteiger partial charge in [-0.05, 0) is 25.1 Å². The van der Waals surface area contributed by atoms with Crippen LogP contribution >= 0.6 is 0 Å².